The number of phenols is 1. The molecule has 0 aliphatic rings. The van der Waals surface area contributed by atoms with Gasteiger partial charge in [-0.1, -0.05) is 38.4 Å². The molecule has 1 aromatic carbocycles. The molecular formula is C11H15ClO. The van der Waals surface area contributed by atoms with E-state index in [2.05, 4.69) is 20.8 Å². The first-order valence-corrected chi connectivity index (χ1v) is 4.84. The van der Waals surface area contributed by atoms with Crippen molar-refractivity contribution in [1.29, 1.82) is 0 Å². The number of rotatable bonds is 2. The first-order valence-electron chi connectivity index (χ1n) is 4.46. The Labute approximate surface area is 84.4 Å². The van der Waals surface area contributed by atoms with Gasteiger partial charge < -0.3 is 5.11 Å². The van der Waals surface area contributed by atoms with Crippen LogP contribution in [0.4, 0.5) is 0 Å². The summed E-state index contributed by atoms with van der Waals surface area (Å²) in [6.07, 6.45) is 1.05. The summed E-state index contributed by atoms with van der Waals surface area (Å²) in [5, 5.41) is 9.68. The normalized spacial score (nSPS) is 11.7. The predicted molar refractivity (Wildman–Crippen MR) is 56.4 cm³/mol. The molecule has 0 saturated carbocycles. The van der Waals surface area contributed by atoms with E-state index in [-0.39, 0.29) is 11.2 Å². The maximum absolute atomic E-state index is 9.25. The average Bonchev–Trinajstić information content (AvgIpc) is 2.09. The molecule has 0 fully saturated rings. The van der Waals surface area contributed by atoms with E-state index in [0.717, 1.165) is 12.0 Å². The Kier molecular flexibility index (Phi) is 2.87. The zero-order valence-corrected chi connectivity index (χ0v) is 9.02. The third-order valence-electron chi connectivity index (χ3n) is 2.61. The Morgan fingerprint density at radius 3 is 2.46 bits per heavy atom. The second kappa shape index (κ2) is 3.59. The summed E-state index contributed by atoms with van der Waals surface area (Å²) in [7, 11) is 0. The Hall–Kier alpha value is -0.690. The molecule has 0 aliphatic carbocycles. The second-order valence-corrected chi connectivity index (χ2v) is 4.31. The topological polar surface area (TPSA) is 20.2 Å². The van der Waals surface area contributed by atoms with Crippen LogP contribution in [0.25, 0.3) is 0 Å². The van der Waals surface area contributed by atoms with E-state index in [1.165, 1.54) is 0 Å². The minimum atomic E-state index is 0.122. The van der Waals surface area contributed by atoms with Crippen molar-refractivity contribution in [2.45, 2.75) is 32.6 Å². The van der Waals surface area contributed by atoms with Crippen LogP contribution >= 0.6 is 11.6 Å². The molecule has 1 rings (SSSR count). The molecule has 0 bridgehead atoms. The smallest absolute Gasteiger partial charge is 0.134 e. The lowest BCUT2D eigenvalue weighted by molar-refractivity contribution is 0.471. The van der Waals surface area contributed by atoms with Crippen LogP contribution in [0.15, 0.2) is 18.2 Å². The fourth-order valence-electron chi connectivity index (χ4n) is 1.13. The van der Waals surface area contributed by atoms with Gasteiger partial charge in [0.2, 0.25) is 0 Å². The van der Waals surface area contributed by atoms with Crippen molar-refractivity contribution >= 4 is 11.6 Å². The summed E-state index contributed by atoms with van der Waals surface area (Å²) in [4.78, 5) is 0. The molecule has 0 amide bonds. The SMILES string of the molecule is CCC(C)(C)c1ccc(O)c(Cl)c1. The molecule has 0 aliphatic heterocycles. The van der Waals surface area contributed by atoms with Crippen molar-refractivity contribution in [3.05, 3.63) is 28.8 Å². The monoisotopic (exact) mass is 198 g/mol. The van der Waals surface area contributed by atoms with Crippen LogP contribution in [0, 0.1) is 0 Å². The first-order chi connectivity index (χ1) is 5.97. The van der Waals surface area contributed by atoms with Gasteiger partial charge in [0, 0.05) is 0 Å². The highest BCUT2D eigenvalue weighted by atomic mass is 35.5. The van der Waals surface area contributed by atoms with E-state index >= 15 is 0 Å². The zero-order chi connectivity index (χ0) is 10.1. The Balaban J connectivity index is 3.10. The molecule has 1 N–H and O–H groups in total. The molecule has 0 atom stereocenters. The summed E-state index contributed by atoms with van der Waals surface area (Å²) >= 11 is 5.83. The summed E-state index contributed by atoms with van der Waals surface area (Å²) in [6.45, 7) is 6.46. The maximum Gasteiger partial charge on any atom is 0.134 e. The highest BCUT2D eigenvalue weighted by Gasteiger charge is 2.18. The van der Waals surface area contributed by atoms with Crippen molar-refractivity contribution in [2.24, 2.45) is 0 Å². The Bertz CT molecular complexity index is 305. The number of hydrogen-bond acceptors (Lipinski definition) is 1. The predicted octanol–water partition coefficient (Wildman–Crippen LogP) is 3.73. The molecule has 13 heavy (non-hydrogen) atoms. The molecule has 0 saturated heterocycles. The van der Waals surface area contributed by atoms with Crippen molar-refractivity contribution in [2.75, 3.05) is 0 Å². The Morgan fingerprint density at radius 1 is 1.38 bits per heavy atom. The lowest BCUT2D eigenvalue weighted by Gasteiger charge is -2.23. The molecule has 0 heterocycles. The fraction of sp³-hybridized carbons (Fsp3) is 0.455. The molecule has 0 aromatic heterocycles. The van der Waals surface area contributed by atoms with E-state index in [1.54, 1.807) is 6.07 Å². The zero-order valence-electron chi connectivity index (χ0n) is 8.26. The van der Waals surface area contributed by atoms with E-state index in [0.29, 0.717) is 5.02 Å². The minimum Gasteiger partial charge on any atom is -0.506 e. The van der Waals surface area contributed by atoms with Gasteiger partial charge in [-0.3, -0.25) is 0 Å². The van der Waals surface area contributed by atoms with Crippen molar-refractivity contribution in [1.82, 2.24) is 0 Å². The standard InChI is InChI=1S/C11H15ClO/c1-4-11(2,3)8-5-6-10(13)9(12)7-8/h5-7,13H,4H2,1-3H3. The summed E-state index contributed by atoms with van der Waals surface area (Å²) in [6, 6.07) is 5.40. The van der Waals surface area contributed by atoms with Gasteiger partial charge in [-0.05, 0) is 29.5 Å². The molecule has 2 heteroatoms. The van der Waals surface area contributed by atoms with Gasteiger partial charge in [0.25, 0.3) is 0 Å². The highest BCUT2D eigenvalue weighted by molar-refractivity contribution is 6.32. The Morgan fingerprint density at radius 2 is 2.00 bits per heavy atom. The van der Waals surface area contributed by atoms with Crippen molar-refractivity contribution < 1.29 is 5.11 Å². The van der Waals surface area contributed by atoms with Gasteiger partial charge in [-0.15, -0.1) is 0 Å². The summed E-state index contributed by atoms with van der Waals surface area (Å²) in [5.74, 6) is 0.150. The highest BCUT2D eigenvalue weighted by Crippen LogP contribution is 2.32. The molecule has 0 unspecified atom stereocenters. The second-order valence-electron chi connectivity index (χ2n) is 3.90. The molecule has 0 radical (unpaired) electrons. The largest absolute Gasteiger partial charge is 0.506 e. The third kappa shape index (κ3) is 2.16. The van der Waals surface area contributed by atoms with Crippen molar-refractivity contribution in [3.8, 4) is 5.75 Å². The van der Waals surface area contributed by atoms with Gasteiger partial charge in [-0.2, -0.15) is 0 Å². The fourth-order valence-corrected chi connectivity index (χ4v) is 1.31. The average molecular weight is 199 g/mol. The van der Waals surface area contributed by atoms with Gasteiger partial charge in [0.15, 0.2) is 0 Å². The first kappa shape index (κ1) is 10.4. The molecule has 1 aromatic rings. The van der Waals surface area contributed by atoms with Crippen LogP contribution in [0.1, 0.15) is 32.8 Å². The maximum atomic E-state index is 9.25. The van der Waals surface area contributed by atoms with E-state index in [9.17, 15) is 5.11 Å². The lowest BCUT2D eigenvalue weighted by atomic mass is 9.82. The lowest BCUT2D eigenvalue weighted by Crippen LogP contribution is -2.14. The van der Waals surface area contributed by atoms with E-state index in [1.807, 2.05) is 12.1 Å². The minimum absolute atomic E-state index is 0.122. The van der Waals surface area contributed by atoms with Crippen LogP contribution in [0.5, 0.6) is 5.75 Å². The van der Waals surface area contributed by atoms with Gasteiger partial charge >= 0.3 is 0 Å². The van der Waals surface area contributed by atoms with Gasteiger partial charge in [0.1, 0.15) is 5.75 Å². The van der Waals surface area contributed by atoms with Crippen LogP contribution in [-0.4, -0.2) is 5.11 Å². The molecule has 72 valence electrons. The summed E-state index contributed by atoms with van der Waals surface area (Å²) < 4.78 is 0. The number of aromatic hydroxyl groups is 1. The summed E-state index contributed by atoms with van der Waals surface area (Å²) in [5.41, 5.74) is 1.29. The van der Waals surface area contributed by atoms with Gasteiger partial charge in [-0.25, -0.2) is 0 Å². The van der Waals surface area contributed by atoms with Crippen LogP contribution in [0.2, 0.25) is 5.02 Å². The molecular weight excluding hydrogens is 184 g/mol. The van der Waals surface area contributed by atoms with Crippen molar-refractivity contribution in [3.63, 3.8) is 0 Å². The van der Waals surface area contributed by atoms with Gasteiger partial charge in [0.05, 0.1) is 5.02 Å². The molecule has 0 spiro atoms. The van der Waals surface area contributed by atoms with E-state index in [4.69, 9.17) is 11.6 Å². The van der Waals surface area contributed by atoms with Crippen LogP contribution in [-0.2, 0) is 5.41 Å². The third-order valence-corrected chi connectivity index (χ3v) is 2.92. The number of benzene rings is 1. The van der Waals surface area contributed by atoms with Crippen LogP contribution in [0.3, 0.4) is 0 Å². The van der Waals surface area contributed by atoms with Crippen LogP contribution < -0.4 is 0 Å². The van der Waals surface area contributed by atoms with E-state index < -0.39 is 0 Å². The number of halogens is 1. The molecule has 1 nitrogen and oxygen atoms in total. The quantitative estimate of drug-likeness (QED) is 0.768. The number of hydrogen-bond donors (Lipinski definition) is 1. The number of phenolic OH excluding ortho intramolecular Hbond substituents is 1.